The van der Waals surface area contributed by atoms with E-state index >= 15 is 0 Å². The summed E-state index contributed by atoms with van der Waals surface area (Å²) in [5, 5.41) is 2.75. The Hall–Kier alpha value is -1.86. The van der Waals surface area contributed by atoms with Crippen molar-refractivity contribution in [1.82, 2.24) is 14.5 Å². The first-order chi connectivity index (χ1) is 11.5. The van der Waals surface area contributed by atoms with Gasteiger partial charge in [0.05, 0.1) is 4.90 Å². The summed E-state index contributed by atoms with van der Waals surface area (Å²) in [6, 6.07) is 6.68. The van der Waals surface area contributed by atoms with Crippen molar-refractivity contribution in [3.05, 3.63) is 42.1 Å². The number of hydrogen-bond donors (Lipinski definition) is 1. The van der Waals surface area contributed by atoms with Crippen molar-refractivity contribution in [3.63, 3.8) is 0 Å². The molecule has 1 aliphatic heterocycles. The van der Waals surface area contributed by atoms with E-state index in [2.05, 4.69) is 5.32 Å². The lowest BCUT2D eigenvalue weighted by atomic mass is 10.2. The fraction of sp³-hybridized carbons (Fsp3) is 0.471. The number of aryl methyl sites for hydroxylation is 1. The van der Waals surface area contributed by atoms with Crippen LogP contribution in [0.25, 0.3) is 0 Å². The molecule has 0 atom stereocenters. The van der Waals surface area contributed by atoms with Crippen LogP contribution in [-0.2, 0) is 10.0 Å². The van der Waals surface area contributed by atoms with E-state index < -0.39 is 10.0 Å². The first kappa shape index (κ1) is 17.0. The summed E-state index contributed by atoms with van der Waals surface area (Å²) in [5.41, 5.74) is 1.02. The van der Waals surface area contributed by atoms with Crippen molar-refractivity contribution < 1.29 is 13.2 Å². The number of carbonyl (C=O) groups excluding carboxylic acids is 1. The minimum absolute atomic E-state index is 0.167. The highest BCUT2D eigenvalue weighted by Gasteiger charge is 2.29. The monoisotopic (exact) mass is 349 g/mol. The van der Waals surface area contributed by atoms with Crippen LogP contribution in [0, 0.1) is 12.8 Å². The highest BCUT2D eigenvalue weighted by Crippen LogP contribution is 2.29. The summed E-state index contributed by atoms with van der Waals surface area (Å²) in [4.78, 5) is 14.0. The zero-order chi connectivity index (χ0) is 17.2. The highest BCUT2D eigenvalue weighted by molar-refractivity contribution is 7.89. The number of amides is 2. The number of hydrogen-bond acceptors (Lipinski definition) is 3. The van der Waals surface area contributed by atoms with Gasteiger partial charge in [-0.25, -0.2) is 13.2 Å². The third kappa shape index (κ3) is 3.96. The number of urea groups is 1. The van der Waals surface area contributed by atoms with Gasteiger partial charge in [-0.05, 0) is 37.8 Å². The average Bonchev–Trinajstić information content (AvgIpc) is 3.39. The molecule has 1 N–H and O–H groups in total. The third-order valence-electron chi connectivity index (χ3n) is 4.38. The number of carbonyl (C=O) groups is 1. The largest absolute Gasteiger partial charge is 0.322 e. The van der Waals surface area contributed by atoms with Crippen LogP contribution in [0.15, 0.2) is 41.4 Å². The third-order valence-corrected chi connectivity index (χ3v) is 6.29. The topological polar surface area (TPSA) is 69.7 Å². The Morgan fingerprint density at radius 1 is 1.12 bits per heavy atom. The molecule has 7 heteroatoms. The zero-order valence-electron chi connectivity index (χ0n) is 13.8. The highest BCUT2D eigenvalue weighted by atomic mass is 32.2. The predicted molar refractivity (Wildman–Crippen MR) is 91.9 cm³/mol. The predicted octanol–water partition coefficient (Wildman–Crippen LogP) is 1.93. The molecule has 1 saturated heterocycles. The Morgan fingerprint density at radius 2 is 1.75 bits per heavy atom. The molecule has 0 spiro atoms. The van der Waals surface area contributed by atoms with E-state index in [9.17, 15) is 13.2 Å². The normalized spacial score (nSPS) is 19.6. The number of nitrogens with zero attached hydrogens (tertiary/aromatic N) is 2. The van der Waals surface area contributed by atoms with Crippen molar-refractivity contribution in [3.8, 4) is 0 Å². The van der Waals surface area contributed by atoms with Crippen LogP contribution >= 0.6 is 0 Å². The smallest absolute Gasteiger partial charge is 0.321 e. The fourth-order valence-electron chi connectivity index (χ4n) is 2.63. The molecule has 0 radical (unpaired) electrons. The lowest BCUT2D eigenvalue weighted by molar-refractivity contribution is 0.175. The van der Waals surface area contributed by atoms with Gasteiger partial charge in [0.25, 0.3) is 0 Å². The maximum atomic E-state index is 12.6. The van der Waals surface area contributed by atoms with Gasteiger partial charge in [0.2, 0.25) is 10.0 Å². The first-order valence-electron chi connectivity index (χ1n) is 8.26. The van der Waals surface area contributed by atoms with Gasteiger partial charge in [0.1, 0.15) is 0 Å². The molecular formula is C17H23N3O3S. The van der Waals surface area contributed by atoms with Crippen LogP contribution in [0.2, 0.25) is 0 Å². The second kappa shape index (κ2) is 6.94. The zero-order valence-corrected chi connectivity index (χ0v) is 14.6. The molecule has 1 aromatic carbocycles. The molecule has 3 rings (SSSR count). The Kier molecular flexibility index (Phi) is 4.91. The van der Waals surface area contributed by atoms with Crippen LogP contribution in [-0.4, -0.2) is 49.8 Å². The number of nitrogens with one attached hydrogen (secondary N) is 1. The minimum atomic E-state index is -3.49. The van der Waals surface area contributed by atoms with Crippen LogP contribution in [0.1, 0.15) is 18.4 Å². The molecule has 0 aromatic heterocycles. The summed E-state index contributed by atoms with van der Waals surface area (Å²) in [6.07, 6.45) is 6.11. The molecule has 1 aliphatic carbocycles. The number of allylic oxidation sites excluding steroid dienone is 1. The van der Waals surface area contributed by atoms with Crippen LogP contribution < -0.4 is 5.32 Å². The molecule has 2 amide bonds. The Bertz CT molecular complexity index is 716. The van der Waals surface area contributed by atoms with E-state index in [1.165, 1.54) is 17.1 Å². The van der Waals surface area contributed by atoms with Gasteiger partial charge in [-0.1, -0.05) is 23.8 Å². The van der Waals surface area contributed by atoms with Gasteiger partial charge >= 0.3 is 6.03 Å². The second-order valence-corrected chi connectivity index (χ2v) is 8.29. The molecule has 1 heterocycles. The van der Waals surface area contributed by atoms with Gasteiger partial charge < -0.3 is 10.2 Å². The van der Waals surface area contributed by atoms with Gasteiger partial charge in [0, 0.05) is 32.4 Å². The first-order valence-corrected chi connectivity index (χ1v) is 9.70. The molecule has 0 unspecified atom stereocenters. The molecule has 24 heavy (non-hydrogen) atoms. The summed E-state index contributed by atoms with van der Waals surface area (Å²) < 4.78 is 26.7. The maximum absolute atomic E-state index is 12.6. The number of rotatable bonds is 4. The second-order valence-electron chi connectivity index (χ2n) is 6.35. The molecule has 1 saturated carbocycles. The van der Waals surface area contributed by atoms with Crippen LogP contribution in [0.4, 0.5) is 4.79 Å². The molecular weight excluding hydrogens is 326 g/mol. The van der Waals surface area contributed by atoms with Crippen molar-refractivity contribution >= 4 is 16.1 Å². The van der Waals surface area contributed by atoms with E-state index in [0.29, 0.717) is 37.0 Å². The van der Waals surface area contributed by atoms with Crippen molar-refractivity contribution in [2.45, 2.75) is 24.7 Å². The van der Waals surface area contributed by atoms with Gasteiger partial charge in [-0.15, -0.1) is 0 Å². The Labute approximate surface area is 143 Å². The molecule has 130 valence electrons. The molecule has 0 bridgehead atoms. The lowest BCUT2D eigenvalue weighted by Crippen LogP contribution is -2.52. The molecule has 2 aliphatic rings. The quantitative estimate of drug-likeness (QED) is 0.903. The number of piperazine rings is 1. The van der Waals surface area contributed by atoms with Gasteiger partial charge in [0.15, 0.2) is 0 Å². The maximum Gasteiger partial charge on any atom is 0.321 e. The standard InChI is InChI=1S/C17H23N3O3S/c1-14-2-6-16(7-3-14)24(22,23)20-12-10-19(11-13-20)17(21)18-9-8-15-4-5-15/h2-3,6-9,15H,4-5,10-13H2,1H3,(H,18,21)/b9-8+. The Balaban J connectivity index is 1.55. The summed E-state index contributed by atoms with van der Waals surface area (Å²) in [7, 11) is -3.49. The van der Waals surface area contributed by atoms with E-state index in [0.717, 1.165) is 5.56 Å². The summed E-state index contributed by atoms with van der Waals surface area (Å²) in [6.45, 7) is 3.35. The van der Waals surface area contributed by atoms with Gasteiger partial charge in [-0.3, -0.25) is 0 Å². The lowest BCUT2D eigenvalue weighted by Gasteiger charge is -2.33. The molecule has 2 fully saturated rings. The van der Waals surface area contributed by atoms with E-state index in [1.807, 2.05) is 13.0 Å². The number of benzene rings is 1. The van der Waals surface area contributed by atoms with Crippen LogP contribution in [0.5, 0.6) is 0 Å². The number of sulfonamides is 1. The van der Waals surface area contributed by atoms with Crippen molar-refractivity contribution in [2.75, 3.05) is 26.2 Å². The van der Waals surface area contributed by atoms with Crippen molar-refractivity contribution in [1.29, 1.82) is 0 Å². The summed E-state index contributed by atoms with van der Waals surface area (Å²) >= 11 is 0. The van der Waals surface area contributed by atoms with Crippen molar-refractivity contribution in [2.24, 2.45) is 5.92 Å². The van der Waals surface area contributed by atoms with Crippen LogP contribution in [0.3, 0.4) is 0 Å². The fourth-order valence-corrected chi connectivity index (χ4v) is 4.05. The van der Waals surface area contributed by atoms with E-state index in [1.54, 1.807) is 35.4 Å². The van der Waals surface area contributed by atoms with E-state index in [4.69, 9.17) is 0 Å². The molecule has 6 nitrogen and oxygen atoms in total. The Morgan fingerprint density at radius 3 is 2.33 bits per heavy atom. The average molecular weight is 349 g/mol. The minimum Gasteiger partial charge on any atom is -0.322 e. The van der Waals surface area contributed by atoms with E-state index in [-0.39, 0.29) is 6.03 Å². The summed E-state index contributed by atoms with van der Waals surface area (Å²) in [5.74, 6) is 0.613. The SMILES string of the molecule is Cc1ccc(S(=O)(=O)N2CCN(C(=O)N/C=C/C3CC3)CC2)cc1. The van der Waals surface area contributed by atoms with Gasteiger partial charge in [-0.2, -0.15) is 4.31 Å². The molecule has 1 aromatic rings.